The van der Waals surface area contributed by atoms with E-state index in [1.165, 1.54) is 5.56 Å². The third kappa shape index (κ3) is 4.43. The van der Waals surface area contributed by atoms with Crippen molar-refractivity contribution >= 4 is 11.9 Å². The summed E-state index contributed by atoms with van der Waals surface area (Å²) in [5, 5.41) is 3.34. The minimum atomic E-state index is 0.750. The number of rotatable bonds is 6. The van der Waals surface area contributed by atoms with Crippen LogP contribution in [0, 0.1) is 6.92 Å². The Morgan fingerprint density at radius 3 is 2.40 bits per heavy atom. The molecule has 20 heavy (non-hydrogen) atoms. The Hall–Kier alpha value is -2.29. The minimum Gasteiger partial charge on any atom is -0.497 e. The first-order valence-corrected chi connectivity index (χ1v) is 6.72. The highest BCUT2D eigenvalue weighted by Crippen LogP contribution is 2.10. The maximum Gasteiger partial charge on any atom is 0.118 e. The summed E-state index contributed by atoms with van der Waals surface area (Å²) < 4.78 is 5.12. The predicted molar refractivity (Wildman–Crippen MR) is 85.1 cm³/mol. The predicted octanol–water partition coefficient (Wildman–Crippen LogP) is 3.53. The zero-order valence-corrected chi connectivity index (χ0v) is 12.0. The van der Waals surface area contributed by atoms with Gasteiger partial charge in [-0.3, -0.25) is 4.99 Å². The molecule has 0 bridgehead atoms. The largest absolute Gasteiger partial charge is 0.497 e. The molecule has 2 aromatic rings. The quantitative estimate of drug-likeness (QED) is 0.642. The third-order valence-corrected chi connectivity index (χ3v) is 2.98. The number of hydrogen-bond acceptors (Lipinski definition) is 3. The third-order valence-electron chi connectivity index (χ3n) is 2.98. The fraction of sp³-hybridized carbons (Fsp3) is 0.235. The van der Waals surface area contributed by atoms with Crippen LogP contribution in [0.1, 0.15) is 11.1 Å². The summed E-state index contributed by atoms with van der Waals surface area (Å²) >= 11 is 0. The van der Waals surface area contributed by atoms with Gasteiger partial charge in [-0.2, -0.15) is 0 Å². The van der Waals surface area contributed by atoms with Crippen molar-refractivity contribution < 1.29 is 4.74 Å². The molecule has 0 amide bonds. The van der Waals surface area contributed by atoms with Crippen LogP contribution in [-0.2, 0) is 0 Å². The van der Waals surface area contributed by atoms with Gasteiger partial charge in [0.2, 0.25) is 0 Å². The van der Waals surface area contributed by atoms with Gasteiger partial charge in [0.05, 0.1) is 13.7 Å². The number of nitrogens with one attached hydrogen (secondary N) is 1. The van der Waals surface area contributed by atoms with E-state index >= 15 is 0 Å². The molecular formula is C17H20N2O. The van der Waals surface area contributed by atoms with Crippen molar-refractivity contribution in [1.29, 1.82) is 0 Å². The molecule has 3 nitrogen and oxygen atoms in total. The molecule has 3 heteroatoms. The fourth-order valence-corrected chi connectivity index (χ4v) is 1.80. The van der Waals surface area contributed by atoms with E-state index in [4.69, 9.17) is 4.74 Å². The van der Waals surface area contributed by atoms with E-state index in [0.29, 0.717) is 0 Å². The van der Waals surface area contributed by atoms with Crippen molar-refractivity contribution in [3.8, 4) is 5.75 Å². The lowest BCUT2D eigenvalue weighted by Gasteiger charge is -2.04. The van der Waals surface area contributed by atoms with Gasteiger partial charge in [-0.05, 0) is 48.9 Å². The Labute approximate surface area is 120 Å². The molecule has 2 rings (SSSR count). The average molecular weight is 268 g/mol. The van der Waals surface area contributed by atoms with Crippen molar-refractivity contribution in [1.82, 2.24) is 0 Å². The fourth-order valence-electron chi connectivity index (χ4n) is 1.80. The van der Waals surface area contributed by atoms with Crippen LogP contribution in [0.2, 0.25) is 0 Å². The van der Waals surface area contributed by atoms with Gasteiger partial charge in [0.15, 0.2) is 0 Å². The van der Waals surface area contributed by atoms with Gasteiger partial charge >= 0.3 is 0 Å². The number of nitrogens with zero attached hydrogens (tertiary/aromatic N) is 1. The number of hydrogen-bond donors (Lipinski definition) is 1. The topological polar surface area (TPSA) is 33.6 Å². The Balaban J connectivity index is 1.74. The van der Waals surface area contributed by atoms with Crippen LogP contribution in [0.25, 0.3) is 0 Å². The molecule has 0 spiro atoms. The van der Waals surface area contributed by atoms with Gasteiger partial charge in [-0.15, -0.1) is 0 Å². The van der Waals surface area contributed by atoms with Crippen LogP contribution < -0.4 is 10.1 Å². The Kier molecular flexibility index (Phi) is 5.18. The van der Waals surface area contributed by atoms with Crippen molar-refractivity contribution in [2.75, 3.05) is 25.5 Å². The molecule has 0 aromatic heterocycles. The molecule has 1 N–H and O–H groups in total. The average Bonchev–Trinajstić information content (AvgIpc) is 2.49. The molecular weight excluding hydrogens is 248 g/mol. The number of methoxy groups -OCH3 is 1. The molecule has 0 aliphatic carbocycles. The molecule has 0 heterocycles. The van der Waals surface area contributed by atoms with E-state index in [0.717, 1.165) is 30.1 Å². The first kappa shape index (κ1) is 14.1. The van der Waals surface area contributed by atoms with E-state index in [1.807, 2.05) is 30.5 Å². The molecule has 0 saturated carbocycles. The number of anilines is 1. The van der Waals surface area contributed by atoms with E-state index in [1.54, 1.807) is 7.11 Å². The first-order chi connectivity index (χ1) is 9.78. The van der Waals surface area contributed by atoms with E-state index in [2.05, 4.69) is 41.5 Å². The smallest absolute Gasteiger partial charge is 0.118 e. The van der Waals surface area contributed by atoms with Crippen molar-refractivity contribution in [2.24, 2.45) is 4.99 Å². The van der Waals surface area contributed by atoms with Gasteiger partial charge in [0.25, 0.3) is 0 Å². The standard InChI is InChI=1S/C17H20N2O/c1-14-3-7-16(8-4-14)19-12-11-18-13-15-5-9-17(20-2)10-6-15/h3-10,13,19H,11-12H2,1-2H3. The van der Waals surface area contributed by atoms with Gasteiger partial charge < -0.3 is 10.1 Å². The van der Waals surface area contributed by atoms with Crippen LogP contribution in [0.5, 0.6) is 5.75 Å². The molecule has 0 radical (unpaired) electrons. The summed E-state index contributed by atoms with van der Waals surface area (Å²) in [6.07, 6.45) is 1.89. The summed E-state index contributed by atoms with van der Waals surface area (Å²) in [6, 6.07) is 16.2. The van der Waals surface area contributed by atoms with E-state index < -0.39 is 0 Å². The van der Waals surface area contributed by atoms with Crippen molar-refractivity contribution in [3.63, 3.8) is 0 Å². The number of aryl methyl sites for hydroxylation is 1. The molecule has 0 atom stereocenters. The SMILES string of the molecule is COc1ccc(C=NCCNc2ccc(C)cc2)cc1. The first-order valence-electron chi connectivity index (χ1n) is 6.72. The number of benzene rings is 2. The molecule has 0 unspecified atom stereocenters. The lowest BCUT2D eigenvalue weighted by molar-refractivity contribution is 0.415. The molecule has 2 aromatic carbocycles. The Morgan fingerprint density at radius 1 is 1.05 bits per heavy atom. The van der Waals surface area contributed by atoms with Crippen LogP contribution in [0.3, 0.4) is 0 Å². The second kappa shape index (κ2) is 7.34. The summed E-state index contributed by atoms with van der Waals surface area (Å²) in [7, 11) is 1.67. The number of aliphatic imine (C=N–C) groups is 1. The van der Waals surface area contributed by atoms with Gasteiger partial charge in [-0.1, -0.05) is 17.7 Å². The van der Waals surface area contributed by atoms with Crippen LogP contribution >= 0.6 is 0 Å². The molecule has 104 valence electrons. The summed E-state index contributed by atoms with van der Waals surface area (Å²) in [5.74, 6) is 0.864. The lowest BCUT2D eigenvalue weighted by Crippen LogP contribution is -2.04. The molecule has 0 fully saturated rings. The zero-order valence-electron chi connectivity index (χ0n) is 12.0. The maximum atomic E-state index is 5.12. The highest BCUT2D eigenvalue weighted by atomic mass is 16.5. The summed E-state index contributed by atoms with van der Waals surface area (Å²) in [6.45, 7) is 3.67. The van der Waals surface area contributed by atoms with Gasteiger partial charge in [0.1, 0.15) is 5.75 Å². The van der Waals surface area contributed by atoms with Gasteiger partial charge in [0, 0.05) is 18.4 Å². The Morgan fingerprint density at radius 2 is 1.75 bits per heavy atom. The highest BCUT2D eigenvalue weighted by molar-refractivity contribution is 5.79. The normalized spacial score (nSPS) is 10.7. The van der Waals surface area contributed by atoms with Crippen LogP contribution in [0.4, 0.5) is 5.69 Å². The van der Waals surface area contributed by atoms with Crippen LogP contribution in [-0.4, -0.2) is 26.4 Å². The van der Waals surface area contributed by atoms with Crippen molar-refractivity contribution in [3.05, 3.63) is 59.7 Å². The minimum absolute atomic E-state index is 0.750. The van der Waals surface area contributed by atoms with Gasteiger partial charge in [-0.25, -0.2) is 0 Å². The lowest BCUT2D eigenvalue weighted by atomic mass is 10.2. The monoisotopic (exact) mass is 268 g/mol. The molecule has 0 aliphatic rings. The zero-order chi connectivity index (χ0) is 14.2. The molecule has 0 saturated heterocycles. The second-order valence-corrected chi connectivity index (χ2v) is 4.60. The summed E-state index contributed by atoms with van der Waals surface area (Å²) in [4.78, 5) is 4.40. The highest BCUT2D eigenvalue weighted by Gasteiger charge is 1.91. The van der Waals surface area contributed by atoms with Crippen LogP contribution in [0.15, 0.2) is 53.5 Å². The summed E-state index contributed by atoms with van der Waals surface area (Å²) in [5.41, 5.74) is 3.49. The second-order valence-electron chi connectivity index (χ2n) is 4.60. The van der Waals surface area contributed by atoms with Crippen molar-refractivity contribution in [2.45, 2.75) is 6.92 Å². The van der Waals surface area contributed by atoms with E-state index in [-0.39, 0.29) is 0 Å². The maximum absolute atomic E-state index is 5.12. The van der Waals surface area contributed by atoms with E-state index in [9.17, 15) is 0 Å². The Bertz CT molecular complexity index is 544. The number of ether oxygens (including phenoxy) is 1. The molecule has 0 aliphatic heterocycles.